The SMILES string of the molecule is Cn1nc2c3c(c(NC(=O)c4cc(F)cc(C(F)(F)F)c4)cc2c1CC1CNC1)C(c1cc(F)ccc1Cl)NC3=O. The summed E-state index contributed by atoms with van der Waals surface area (Å²) in [4.78, 5) is 26.7. The number of benzene rings is 3. The predicted molar refractivity (Wildman–Crippen MR) is 141 cm³/mol. The second-order valence-electron chi connectivity index (χ2n) is 10.2. The van der Waals surface area contributed by atoms with Gasteiger partial charge in [-0.3, -0.25) is 14.3 Å². The van der Waals surface area contributed by atoms with Crippen molar-refractivity contribution >= 4 is 40.0 Å². The topological polar surface area (TPSA) is 88.1 Å². The molecular weight excluding hydrogens is 569 g/mol. The number of aryl methyl sites for hydroxylation is 1. The van der Waals surface area contributed by atoms with Crippen molar-refractivity contribution in [1.82, 2.24) is 20.4 Å². The van der Waals surface area contributed by atoms with Crippen molar-refractivity contribution < 1.29 is 31.5 Å². The summed E-state index contributed by atoms with van der Waals surface area (Å²) in [5, 5.41) is 13.8. The molecule has 1 aromatic heterocycles. The number of hydrogen-bond donors (Lipinski definition) is 3. The van der Waals surface area contributed by atoms with E-state index in [9.17, 15) is 31.5 Å². The maximum absolute atomic E-state index is 14.3. The van der Waals surface area contributed by atoms with E-state index in [1.54, 1.807) is 17.8 Å². The number of hydrogen-bond acceptors (Lipinski definition) is 4. The van der Waals surface area contributed by atoms with Crippen molar-refractivity contribution in [3.05, 3.63) is 92.6 Å². The van der Waals surface area contributed by atoms with Gasteiger partial charge in [0.25, 0.3) is 11.8 Å². The predicted octanol–water partition coefficient (Wildman–Crippen LogP) is 5.37. The number of carbonyl (C=O) groups is 2. The van der Waals surface area contributed by atoms with Gasteiger partial charge in [-0.2, -0.15) is 18.3 Å². The Morgan fingerprint density at radius 2 is 1.88 bits per heavy atom. The van der Waals surface area contributed by atoms with Crippen LogP contribution < -0.4 is 16.0 Å². The lowest BCUT2D eigenvalue weighted by atomic mass is 9.91. The van der Waals surface area contributed by atoms with Gasteiger partial charge in [-0.1, -0.05) is 11.6 Å². The van der Waals surface area contributed by atoms with Gasteiger partial charge in [0, 0.05) is 45.5 Å². The van der Waals surface area contributed by atoms with Crippen molar-refractivity contribution in [3.63, 3.8) is 0 Å². The third kappa shape index (κ3) is 4.80. The van der Waals surface area contributed by atoms with Crippen LogP contribution in [0.5, 0.6) is 0 Å². The minimum absolute atomic E-state index is 0.0694. The maximum Gasteiger partial charge on any atom is 0.416 e. The van der Waals surface area contributed by atoms with Crippen molar-refractivity contribution in [2.24, 2.45) is 13.0 Å². The molecule has 6 rings (SSSR count). The first-order valence-corrected chi connectivity index (χ1v) is 13.0. The molecule has 212 valence electrons. The van der Waals surface area contributed by atoms with Gasteiger partial charge in [-0.15, -0.1) is 0 Å². The first kappa shape index (κ1) is 27.2. The number of rotatable bonds is 5. The molecule has 2 aliphatic heterocycles. The molecule has 2 aliphatic rings. The molecule has 41 heavy (non-hydrogen) atoms. The van der Waals surface area contributed by atoms with Crippen LogP contribution in [-0.4, -0.2) is 34.7 Å². The minimum atomic E-state index is -4.88. The number of aromatic nitrogens is 2. The first-order valence-electron chi connectivity index (χ1n) is 12.6. The van der Waals surface area contributed by atoms with E-state index in [1.165, 1.54) is 6.07 Å². The summed E-state index contributed by atoms with van der Waals surface area (Å²) in [6.45, 7) is 1.59. The Morgan fingerprint density at radius 3 is 2.56 bits per heavy atom. The molecule has 0 radical (unpaired) electrons. The number of fused-ring (bicyclic) bond motifs is 3. The number of carbonyl (C=O) groups excluding carboxylic acids is 2. The Bertz CT molecular complexity index is 1750. The zero-order valence-corrected chi connectivity index (χ0v) is 22.1. The third-order valence-corrected chi connectivity index (χ3v) is 7.78. The second kappa shape index (κ2) is 9.81. The Morgan fingerprint density at radius 1 is 1.12 bits per heavy atom. The number of amides is 2. The van der Waals surface area contributed by atoms with Crippen LogP contribution in [0.15, 0.2) is 42.5 Å². The zero-order valence-electron chi connectivity index (χ0n) is 21.3. The summed E-state index contributed by atoms with van der Waals surface area (Å²) >= 11 is 6.37. The highest BCUT2D eigenvalue weighted by Crippen LogP contribution is 2.43. The van der Waals surface area contributed by atoms with E-state index in [2.05, 4.69) is 21.0 Å². The Balaban J connectivity index is 1.53. The van der Waals surface area contributed by atoms with Crippen LogP contribution in [0.2, 0.25) is 5.02 Å². The van der Waals surface area contributed by atoms with Crippen molar-refractivity contribution in [2.75, 3.05) is 18.4 Å². The monoisotopic (exact) mass is 589 g/mol. The van der Waals surface area contributed by atoms with Gasteiger partial charge in [0.05, 0.1) is 17.2 Å². The van der Waals surface area contributed by atoms with Crippen LogP contribution in [-0.2, 0) is 19.6 Å². The van der Waals surface area contributed by atoms with E-state index < -0.39 is 46.8 Å². The molecule has 0 saturated carbocycles. The van der Waals surface area contributed by atoms with Crippen molar-refractivity contribution in [1.29, 1.82) is 0 Å². The van der Waals surface area contributed by atoms with Crippen LogP contribution in [0.25, 0.3) is 10.9 Å². The number of nitrogens with zero attached hydrogens (tertiary/aromatic N) is 2. The lowest BCUT2D eigenvalue weighted by Crippen LogP contribution is -2.43. The lowest BCUT2D eigenvalue weighted by Gasteiger charge is -2.27. The molecule has 0 bridgehead atoms. The fourth-order valence-corrected chi connectivity index (χ4v) is 5.59. The Kier molecular flexibility index (Phi) is 6.50. The highest BCUT2D eigenvalue weighted by atomic mass is 35.5. The van der Waals surface area contributed by atoms with E-state index >= 15 is 0 Å². The third-order valence-electron chi connectivity index (χ3n) is 7.44. The fraction of sp³-hybridized carbons (Fsp3) is 0.250. The van der Waals surface area contributed by atoms with Crippen LogP contribution >= 0.6 is 11.6 Å². The molecule has 0 spiro atoms. The van der Waals surface area contributed by atoms with Gasteiger partial charge in [0.1, 0.15) is 17.2 Å². The minimum Gasteiger partial charge on any atom is -0.341 e. The number of nitrogens with one attached hydrogen (secondary N) is 3. The number of anilines is 1. The van der Waals surface area contributed by atoms with Gasteiger partial charge in [-0.05, 0) is 67.9 Å². The summed E-state index contributed by atoms with van der Waals surface area (Å²) in [5.41, 5.74) is -0.160. The summed E-state index contributed by atoms with van der Waals surface area (Å²) in [6.07, 6.45) is -4.26. The number of alkyl halides is 3. The molecule has 1 saturated heterocycles. The molecule has 1 unspecified atom stereocenters. The molecule has 4 aromatic rings. The van der Waals surface area contributed by atoms with E-state index in [-0.39, 0.29) is 27.4 Å². The van der Waals surface area contributed by atoms with Gasteiger partial charge in [-0.25, -0.2) is 8.78 Å². The molecular formula is C28H21ClF5N5O2. The lowest BCUT2D eigenvalue weighted by molar-refractivity contribution is -0.137. The average Bonchev–Trinajstić information content (AvgIpc) is 3.38. The molecule has 0 aliphatic carbocycles. The molecule has 2 amide bonds. The fourth-order valence-electron chi connectivity index (χ4n) is 5.36. The molecule has 13 heteroatoms. The van der Waals surface area contributed by atoms with E-state index in [0.29, 0.717) is 41.4 Å². The Hall–Kier alpha value is -4.03. The molecule has 3 N–H and O–H groups in total. The standard InChI is InChI=1S/C28H21ClF5N5O2/c1-39-21(4-12-10-35-11-12)18-9-20(36-26(40)13-5-14(28(32,33)34)7-16(31)6-13)22-23(25(18)38-39)27(41)37-24(22)17-8-15(30)2-3-19(17)29/h2-3,5-9,12,24,35H,4,10-11H2,1H3,(H,36,40)(H,37,41). The van der Waals surface area contributed by atoms with Crippen LogP contribution in [0.3, 0.4) is 0 Å². The van der Waals surface area contributed by atoms with Crippen LogP contribution in [0, 0.1) is 17.6 Å². The molecule has 7 nitrogen and oxygen atoms in total. The summed E-state index contributed by atoms with van der Waals surface area (Å²) < 4.78 is 70.0. The molecule has 1 atom stereocenters. The average molecular weight is 590 g/mol. The quantitative estimate of drug-likeness (QED) is 0.273. The second-order valence-corrected chi connectivity index (χ2v) is 10.6. The van der Waals surface area contributed by atoms with Crippen LogP contribution in [0.4, 0.5) is 27.6 Å². The summed E-state index contributed by atoms with van der Waals surface area (Å²) in [5.74, 6) is -3.12. The normalized spacial score (nSPS) is 17.0. The highest BCUT2D eigenvalue weighted by Gasteiger charge is 2.38. The van der Waals surface area contributed by atoms with Gasteiger partial charge < -0.3 is 16.0 Å². The molecule has 3 heterocycles. The molecule has 3 aromatic carbocycles. The van der Waals surface area contributed by atoms with Gasteiger partial charge in [0.2, 0.25) is 0 Å². The van der Waals surface area contributed by atoms with Crippen LogP contribution in [0.1, 0.15) is 49.1 Å². The smallest absolute Gasteiger partial charge is 0.341 e. The zero-order chi connectivity index (χ0) is 29.2. The Labute approximate surface area is 234 Å². The van der Waals surface area contributed by atoms with E-state index in [1.807, 2.05) is 0 Å². The van der Waals surface area contributed by atoms with E-state index in [4.69, 9.17) is 11.6 Å². The van der Waals surface area contributed by atoms with Gasteiger partial charge >= 0.3 is 6.18 Å². The molecule has 1 fully saturated rings. The maximum atomic E-state index is 14.3. The summed E-state index contributed by atoms with van der Waals surface area (Å²) in [7, 11) is 1.73. The summed E-state index contributed by atoms with van der Waals surface area (Å²) in [6, 6.07) is 5.72. The van der Waals surface area contributed by atoms with Gasteiger partial charge in [0.15, 0.2) is 0 Å². The van der Waals surface area contributed by atoms with Crippen molar-refractivity contribution in [2.45, 2.75) is 18.6 Å². The first-order chi connectivity index (χ1) is 19.4. The largest absolute Gasteiger partial charge is 0.416 e. The highest BCUT2D eigenvalue weighted by molar-refractivity contribution is 6.31. The van der Waals surface area contributed by atoms with Crippen molar-refractivity contribution in [3.8, 4) is 0 Å². The van der Waals surface area contributed by atoms with E-state index in [0.717, 1.165) is 30.9 Å². The number of halogens is 6.